The number of anilines is 1. The molecule has 2 N–H and O–H groups in total. The van der Waals surface area contributed by atoms with Crippen LogP contribution in [0.5, 0.6) is 0 Å². The summed E-state index contributed by atoms with van der Waals surface area (Å²) in [5.74, 6) is -1.87. The number of aromatic carboxylic acids is 1. The Balaban J connectivity index is 2.35. The molecule has 0 radical (unpaired) electrons. The van der Waals surface area contributed by atoms with Crippen molar-refractivity contribution in [3.05, 3.63) is 45.4 Å². The van der Waals surface area contributed by atoms with E-state index in [1.807, 2.05) is 0 Å². The molecule has 2 aromatic rings. The lowest BCUT2D eigenvalue weighted by molar-refractivity contribution is 0.0702. The van der Waals surface area contributed by atoms with Crippen LogP contribution in [0.15, 0.2) is 34.5 Å². The van der Waals surface area contributed by atoms with Gasteiger partial charge in [-0.2, -0.15) is 0 Å². The lowest BCUT2D eigenvalue weighted by Gasteiger charge is -2.08. The van der Waals surface area contributed by atoms with Gasteiger partial charge in [0.05, 0.1) is 15.6 Å². The highest BCUT2D eigenvalue weighted by atomic mass is 35.5. The molecule has 0 unspecified atom stereocenters. The van der Waals surface area contributed by atoms with Crippen LogP contribution in [-0.2, 0) is 10.0 Å². The lowest BCUT2D eigenvalue weighted by atomic mass is 10.3. The number of benzene rings is 1. The van der Waals surface area contributed by atoms with E-state index in [1.165, 1.54) is 11.4 Å². The summed E-state index contributed by atoms with van der Waals surface area (Å²) < 4.78 is 39.2. The fourth-order valence-electron chi connectivity index (χ4n) is 1.35. The van der Waals surface area contributed by atoms with Gasteiger partial charge >= 0.3 is 5.97 Å². The van der Waals surface area contributed by atoms with Crippen LogP contribution in [0, 0.1) is 5.82 Å². The van der Waals surface area contributed by atoms with E-state index in [4.69, 9.17) is 16.7 Å². The van der Waals surface area contributed by atoms with Crippen LogP contribution in [-0.4, -0.2) is 19.5 Å². The Labute approximate surface area is 122 Å². The van der Waals surface area contributed by atoms with Gasteiger partial charge in [0.2, 0.25) is 0 Å². The van der Waals surface area contributed by atoms with E-state index in [0.717, 1.165) is 29.5 Å². The van der Waals surface area contributed by atoms with Gasteiger partial charge in [0.25, 0.3) is 10.0 Å². The molecule has 0 spiro atoms. The van der Waals surface area contributed by atoms with Gasteiger partial charge in [0.1, 0.15) is 10.7 Å². The van der Waals surface area contributed by atoms with E-state index < -0.39 is 21.8 Å². The second kappa shape index (κ2) is 5.39. The number of nitrogens with one attached hydrogen (secondary N) is 1. The van der Waals surface area contributed by atoms with Gasteiger partial charge in [-0.05, 0) is 24.3 Å². The van der Waals surface area contributed by atoms with Gasteiger partial charge in [-0.15, -0.1) is 11.3 Å². The van der Waals surface area contributed by atoms with Crippen molar-refractivity contribution in [1.29, 1.82) is 0 Å². The summed E-state index contributed by atoms with van der Waals surface area (Å²) in [4.78, 5) is 10.4. The maximum Gasteiger partial charge on any atom is 0.345 e. The van der Waals surface area contributed by atoms with Crippen molar-refractivity contribution < 1.29 is 22.7 Å². The quantitative estimate of drug-likeness (QED) is 0.899. The number of rotatable bonds is 4. The average Bonchev–Trinajstić information content (AvgIpc) is 2.84. The molecular formula is C11H7ClFNO4S2. The molecule has 106 valence electrons. The predicted octanol–water partition coefficient (Wildman–Crippen LogP) is 3.04. The fourth-order valence-corrected chi connectivity index (χ4v) is 3.75. The van der Waals surface area contributed by atoms with Crippen molar-refractivity contribution in [3.63, 3.8) is 0 Å². The Morgan fingerprint density at radius 1 is 1.35 bits per heavy atom. The summed E-state index contributed by atoms with van der Waals surface area (Å²) in [7, 11) is -4.02. The van der Waals surface area contributed by atoms with Crippen molar-refractivity contribution in [3.8, 4) is 0 Å². The summed E-state index contributed by atoms with van der Waals surface area (Å²) in [5.41, 5.74) is -0.116. The molecule has 0 aliphatic rings. The van der Waals surface area contributed by atoms with E-state index in [0.29, 0.717) is 0 Å². The van der Waals surface area contributed by atoms with E-state index in [1.54, 1.807) is 0 Å². The number of carboxylic acids is 1. The van der Waals surface area contributed by atoms with Gasteiger partial charge in [-0.1, -0.05) is 11.6 Å². The Hall–Kier alpha value is -1.64. The molecule has 0 amide bonds. The number of hydrogen-bond donors (Lipinski definition) is 2. The van der Waals surface area contributed by atoms with Crippen molar-refractivity contribution >= 4 is 44.6 Å². The number of carbonyl (C=O) groups is 1. The van der Waals surface area contributed by atoms with Gasteiger partial charge in [-0.3, -0.25) is 4.72 Å². The van der Waals surface area contributed by atoms with Crippen LogP contribution in [0.1, 0.15) is 9.67 Å². The van der Waals surface area contributed by atoms with Crippen molar-refractivity contribution in [2.24, 2.45) is 0 Å². The SMILES string of the molecule is O=C(O)c1cc(S(=O)(=O)Nc2cc(F)ccc2Cl)cs1. The molecular weight excluding hydrogens is 329 g/mol. The maximum absolute atomic E-state index is 13.1. The van der Waals surface area contributed by atoms with E-state index >= 15 is 0 Å². The number of thiophene rings is 1. The average molecular weight is 336 g/mol. The van der Waals surface area contributed by atoms with Crippen LogP contribution in [0.4, 0.5) is 10.1 Å². The molecule has 9 heteroatoms. The first-order valence-electron chi connectivity index (χ1n) is 5.09. The Morgan fingerprint density at radius 3 is 2.65 bits per heavy atom. The monoisotopic (exact) mass is 335 g/mol. The molecule has 1 aromatic carbocycles. The minimum Gasteiger partial charge on any atom is -0.477 e. The first-order valence-corrected chi connectivity index (χ1v) is 7.83. The predicted molar refractivity (Wildman–Crippen MR) is 73.5 cm³/mol. The first-order chi connectivity index (χ1) is 9.29. The van der Waals surface area contributed by atoms with Crippen LogP contribution in [0.3, 0.4) is 0 Å². The first kappa shape index (κ1) is 14.8. The highest BCUT2D eigenvalue weighted by Crippen LogP contribution is 2.27. The number of sulfonamides is 1. The molecule has 0 aliphatic heterocycles. The van der Waals surface area contributed by atoms with E-state index in [2.05, 4.69) is 4.72 Å². The van der Waals surface area contributed by atoms with Crippen LogP contribution >= 0.6 is 22.9 Å². The molecule has 2 rings (SSSR count). The zero-order chi connectivity index (χ0) is 14.9. The molecule has 0 saturated heterocycles. The summed E-state index contributed by atoms with van der Waals surface area (Å²) in [6.45, 7) is 0. The van der Waals surface area contributed by atoms with Crippen LogP contribution < -0.4 is 4.72 Å². The largest absolute Gasteiger partial charge is 0.477 e. The number of halogens is 2. The highest BCUT2D eigenvalue weighted by molar-refractivity contribution is 7.92. The third-order valence-corrected chi connectivity index (χ3v) is 5.01. The minimum atomic E-state index is -4.02. The summed E-state index contributed by atoms with van der Waals surface area (Å²) in [6, 6.07) is 4.26. The third-order valence-electron chi connectivity index (χ3n) is 2.27. The topological polar surface area (TPSA) is 83.5 Å². The standard InChI is InChI=1S/C11H7ClFNO4S2/c12-8-2-1-6(13)3-9(8)14-20(17,18)7-4-10(11(15)16)19-5-7/h1-5,14H,(H,15,16). The molecule has 20 heavy (non-hydrogen) atoms. The molecule has 5 nitrogen and oxygen atoms in total. The molecule has 0 fully saturated rings. The smallest absolute Gasteiger partial charge is 0.345 e. The summed E-state index contributed by atoms with van der Waals surface area (Å²) >= 11 is 6.54. The normalized spacial score (nSPS) is 11.3. The zero-order valence-electron chi connectivity index (χ0n) is 9.63. The molecule has 1 aromatic heterocycles. The van der Waals surface area contributed by atoms with E-state index in [9.17, 15) is 17.6 Å². The van der Waals surface area contributed by atoms with Crippen molar-refractivity contribution in [2.45, 2.75) is 4.90 Å². The third kappa shape index (κ3) is 3.09. The van der Waals surface area contributed by atoms with Gasteiger partial charge < -0.3 is 5.11 Å². The van der Waals surface area contributed by atoms with Gasteiger partial charge in [-0.25, -0.2) is 17.6 Å². The second-order valence-corrected chi connectivity index (χ2v) is 6.68. The lowest BCUT2D eigenvalue weighted by Crippen LogP contribution is -2.12. The van der Waals surface area contributed by atoms with Crippen molar-refractivity contribution in [1.82, 2.24) is 0 Å². The summed E-state index contributed by atoms with van der Waals surface area (Å²) in [6.07, 6.45) is 0. The molecule has 0 saturated carbocycles. The summed E-state index contributed by atoms with van der Waals surface area (Å²) in [5, 5.41) is 9.97. The van der Waals surface area contributed by atoms with E-state index in [-0.39, 0.29) is 20.5 Å². The van der Waals surface area contributed by atoms with Crippen LogP contribution in [0.2, 0.25) is 5.02 Å². The van der Waals surface area contributed by atoms with Crippen LogP contribution in [0.25, 0.3) is 0 Å². The molecule has 0 bridgehead atoms. The highest BCUT2D eigenvalue weighted by Gasteiger charge is 2.19. The Kier molecular flexibility index (Phi) is 3.98. The minimum absolute atomic E-state index is 0.0312. The molecule has 1 heterocycles. The zero-order valence-corrected chi connectivity index (χ0v) is 12.0. The Bertz CT molecular complexity index is 772. The number of carboxylic acid groups (broad SMARTS) is 1. The van der Waals surface area contributed by atoms with Crippen molar-refractivity contribution in [2.75, 3.05) is 4.72 Å². The number of hydrogen-bond acceptors (Lipinski definition) is 4. The van der Waals surface area contributed by atoms with Gasteiger partial charge in [0, 0.05) is 5.38 Å². The second-order valence-electron chi connectivity index (χ2n) is 3.68. The molecule has 0 aliphatic carbocycles. The maximum atomic E-state index is 13.1. The van der Waals surface area contributed by atoms with Gasteiger partial charge in [0.15, 0.2) is 0 Å². The fraction of sp³-hybridized carbons (Fsp3) is 0. The Morgan fingerprint density at radius 2 is 2.05 bits per heavy atom. The molecule has 0 atom stereocenters.